The van der Waals surface area contributed by atoms with Crippen molar-refractivity contribution in [1.29, 1.82) is 0 Å². The molecule has 0 aliphatic carbocycles. The monoisotopic (exact) mass is 420 g/mol. The number of amides is 1. The number of piperidine rings is 1. The van der Waals surface area contributed by atoms with Crippen molar-refractivity contribution in [2.45, 2.75) is 31.6 Å². The molecule has 2 fully saturated rings. The van der Waals surface area contributed by atoms with E-state index in [-0.39, 0.29) is 11.8 Å². The summed E-state index contributed by atoms with van der Waals surface area (Å²) < 4.78 is 13.6. The highest BCUT2D eigenvalue weighted by molar-refractivity contribution is 5.94. The molecule has 0 unspecified atom stereocenters. The third-order valence-corrected chi connectivity index (χ3v) is 6.16. The number of hydrogen-bond donors (Lipinski definition) is 1. The van der Waals surface area contributed by atoms with Crippen molar-refractivity contribution in [3.8, 4) is 11.3 Å². The Morgan fingerprint density at radius 1 is 1.13 bits per heavy atom. The summed E-state index contributed by atoms with van der Waals surface area (Å²) in [6.45, 7) is 3.21. The molecule has 5 rings (SSSR count). The van der Waals surface area contributed by atoms with Crippen molar-refractivity contribution in [1.82, 2.24) is 25.1 Å². The van der Waals surface area contributed by atoms with Crippen LogP contribution in [-0.4, -0.2) is 57.2 Å². The van der Waals surface area contributed by atoms with Crippen LogP contribution in [0.4, 0.5) is 10.3 Å². The third-order valence-electron chi connectivity index (χ3n) is 6.16. The van der Waals surface area contributed by atoms with Gasteiger partial charge in [0.2, 0.25) is 5.95 Å². The summed E-state index contributed by atoms with van der Waals surface area (Å²) in [5, 5.41) is 7.44. The average Bonchev–Trinajstić information content (AvgIpc) is 3.51. The van der Waals surface area contributed by atoms with Crippen molar-refractivity contribution < 1.29 is 9.18 Å². The Morgan fingerprint density at radius 3 is 2.84 bits per heavy atom. The van der Waals surface area contributed by atoms with Crippen LogP contribution in [0.1, 0.15) is 47.7 Å². The number of anilines is 1. The molecular weight excluding hydrogens is 395 g/mol. The molecule has 0 radical (unpaired) electrons. The summed E-state index contributed by atoms with van der Waals surface area (Å²) in [5.74, 6) is 0.346. The Bertz CT molecular complexity index is 1080. The van der Waals surface area contributed by atoms with E-state index in [9.17, 15) is 9.18 Å². The van der Waals surface area contributed by atoms with Crippen molar-refractivity contribution in [3.05, 3.63) is 59.8 Å². The fraction of sp³-hybridized carbons (Fsp3) is 0.391. The van der Waals surface area contributed by atoms with Gasteiger partial charge in [-0.05, 0) is 49.9 Å². The average molecular weight is 420 g/mol. The zero-order valence-corrected chi connectivity index (χ0v) is 17.3. The second-order valence-corrected chi connectivity index (χ2v) is 8.23. The van der Waals surface area contributed by atoms with Gasteiger partial charge in [0.1, 0.15) is 5.82 Å². The molecule has 3 aromatic rings. The second kappa shape index (κ2) is 8.45. The van der Waals surface area contributed by atoms with Crippen molar-refractivity contribution in [2.75, 3.05) is 31.1 Å². The fourth-order valence-electron chi connectivity index (χ4n) is 4.58. The summed E-state index contributed by atoms with van der Waals surface area (Å²) in [6.07, 6.45) is 7.77. The molecule has 1 aromatic carbocycles. The van der Waals surface area contributed by atoms with E-state index in [1.807, 2.05) is 11.0 Å². The van der Waals surface area contributed by atoms with Gasteiger partial charge in [-0.2, -0.15) is 5.10 Å². The number of carbonyl (C=O) groups excluding carboxylic acids is 1. The van der Waals surface area contributed by atoms with E-state index in [1.165, 1.54) is 25.0 Å². The lowest BCUT2D eigenvalue weighted by Crippen LogP contribution is -2.39. The number of rotatable bonds is 4. The Kier molecular flexibility index (Phi) is 5.36. The smallest absolute Gasteiger partial charge is 0.253 e. The Labute approximate surface area is 180 Å². The maximum absolute atomic E-state index is 13.6. The van der Waals surface area contributed by atoms with Gasteiger partial charge in [-0.15, -0.1) is 0 Å². The van der Waals surface area contributed by atoms with E-state index in [0.29, 0.717) is 18.7 Å². The molecule has 0 bridgehead atoms. The summed E-state index contributed by atoms with van der Waals surface area (Å²) in [5.41, 5.74) is 3.17. The molecule has 1 N–H and O–H groups in total. The molecule has 1 atom stereocenters. The zero-order valence-electron chi connectivity index (χ0n) is 17.3. The highest BCUT2D eigenvalue weighted by atomic mass is 19.1. The number of hydrogen-bond acceptors (Lipinski definition) is 5. The maximum atomic E-state index is 13.6. The first-order chi connectivity index (χ1) is 15.2. The summed E-state index contributed by atoms with van der Waals surface area (Å²) in [4.78, 5) is 26.2. The highest BCUT2D eigenvalue weighted by Gasteiger charge is 2.29. The van der Waals surface area contributed by atoms with E-state index in [4.69, 9.17) is 4.98 Å². The van der Waals surface area contributed by atoms with Gasteiger partial charge >= 0.3 is 0 Å². The maximum Gasteiger partial charge on any atom is 0.253 e. The summed E-state index contributed by atoms with van der Waals surface area (Å²) >= 11 is 0. The van der Waals surface area contributed by atoms with Gasteiger partial charge in [0.25, 0.3) is 5.91 Å². The summed E-state index contributed by atoms with van der Waals surface area (Å²) in [6, 6.07) is 7.80. The lowest BCUT2D eigenvalue weighted by molar-refractivity contribution is 0.0705. The first-order valence-corrected chi connectivity index (χ1v) is 10.9. The van der Waals surface area contributed by atoms with Gasteiger partial charge in [-0.1, -0.05) is 6.07 Å². The predicted octanol–water partition coefficient (Wildman–Crippen LogP) is 3.63. The molecule has 8 heteroatoms. The molecule has 0 spiro atoms. The van der Waals surface area contributed by atoms with Crippen LogP contribution in [0, 0.1) is 5.82 Å². The molecule has 0 saturated carbocycles. The molecular formula is C23H25FN6O. The number of H-pyrrole nitrogens is 1. The normalized spacial score (nSPS) is 19.1. The van der Waals surface area contributed by atoms with Crippen molar-refractivity contribution in [3.63, 3.8) is 0 Å². The topological polar surface area (TPSA) is 78.0 Å². The summed E-state index contributed by atoms with van der Waals surface area (Å²) in [7, 11) is 0. The van der Waals surface area contributed by atoms with Crippen LogP contribution < -0.4 is 4.90 Å². The first kappa shape index (κ1) is 19.7. The first-order valence-electron chi connectivity index (χ1n) is 10.9. The molecule has 4 heterocycles. The minimum absolute atomic E-state index is 0.119. The standard InChI is InChI=1S/C23H25FN6O/c24-18-7-3-5-16(13-18)22(31)30-12-4-6-17(15-30)21-19(14-26-28-21)20-8-9-25-23(27-20)29-10-1-2-11-29/h3,5,7-9,13-14,17H,1-2,4,6,10-12,15H2,(H,26,28)/t17-/m1/s1. The van der Waals surface area contributed by atoms with Crippen LogP contribution in [0.25, 0.3) is 11.3 Å². The van der Waals surface area contributed by atoms with Gasteiger partial charge in [0.15, 0.2) is 0 Å². The largest absolute Gasteiger partial charge is 0.341 e. The lowest BCUT2D eigenvalue weighted by Gasteiger charge is -2.32. The quantitative estimate of drug-likeness (QED) is 0.697. The van der Waals surface area contributed by atoms with E-state index < -0.39 is 5.82 Å². The Balaban J connectivity index is 1.38. The number of nitrogens with zero attached hydrogens (tertiary/aromatic N) is 5. The third kappa shape index (κ3) is 4.02. The van der Waals surface area contributed by atoms with E-state index in [2.05, 4.69) is 20.1 Å². The van der Waals surface area contributed by atoms with Crippen LogP contribution in [0.15, 0.2) is 42.7 Å². The zero-order chi connectivity index (χ0) is 21.2. The van der Waals surface area contributed by atoms with Crippen LogP contribution in [0.2, 0.25) is 0 Å². The molecule has 160 valence electrons. The minimum atomic E-state index is -0.396. The van der Waals surface area contributed by atoms with Gasteiger partial charge < -0.3 is 9.80 Å². The predicted molar refractivity (Wildman–Crippen MR) is 115 cm³/mol. The number of nitrogens with one attached hydrogen (secondary N) is 1. The molecule has 2 aliphatic heterocycles. The van der Waals surface area contributed by atoms with E-state index >= 15 is 0 Å². The lowest BCUT2D eigenvalue weighted by atomic mass is 9.91. The van der Waals surface area contributed by atoms with E-state index in [0.717, 1.165) is 48.8 Å². The van der Waals surface area contributed by atoms with Crippen molar-refractivity contribution in [2.24, 2.45) is 0 Å². The number of likely N-dealkylation sites (tertiary alicyclic amines) is 1. The number of aromatic amines is 1. The Morgan fingerprint density at radius 2 is 2.00 bits per heavy atom. The van der Waals surface area contributed by atoms with Gasteiger partial charge in [0.05, 0.1) is 11.9 Å². The molecule has 7 nitrogen and oxygen atoms in total. The number of aromatic nitrogens is 4. The van der Waals surface area contributed by atoms with E-state index in [1.54, 1.807) is 24.5 Å². The fourth-order valence-corrected chi connectivity index (χ4v) is 4.58. The molecule has 2 saturated heterocycles. The Hall–Kier alpha value is -3.29. The van der Waals surface area contributed by atoms with Gasteiger partial charge in [-0.3, -0.25) is 9.89 Å². The number of benzene rings is 1. The van der Waals surface area contributed by atoms with Crippen LogP contribution in [0.3, 0.4) is 0 Å². The second-order valence-electron chi connectivity index (χ2n) is 8.23. The molecule has 31 heavy (non-hydrogen) atoms. The van der Waals surface area contributed by atoms with Gasteiger partial charge in [-0.25, -0.2) is 14.4 Å². The van der Waals surface area contributed by atoms with Gasteiger partial charge in [0, 0.05) is 55.1 Å². The molecule has 2 aliphatic rings. The number of carbonyl (C=O) groups is 1. The van der Waals surface area contributed by atoms with Crippen molar-refractivity contribution >= 4 is 11.9 Å². The van der Waals surface area contributed by atoms with Crippen LogP contribution in [-0.2, 0) is 0 Å². The molecule has 2 aromatic heterocycles. The van der Waals surface area contributed by atoms with Crippen LogP contribution in [0.5, 0.6) is 0 Å². The molecule has 1 amide bonds. The minimum Gasteiger partial charge on any atom is -0.341 e. The van der Waals surface area contributed by atoms with Crippen LogP contribution >= 0.6 is 0 Å². The highest BCUT2D eigenvalue weighted by Crippen LogP contribution is 2.33. The number of halogens is 1. The SMILES string of the molecule is O=C(c1cccc(F)c1)N1CCC[C@@H](c2[nH]ncc2-c2ccnc(N3CCCC3)n2)C1.